The lowest BCUT2D eigenvalue weighted by atomic mass is 10.4. The highest BCUT2D eigenvalue weighted by atomic mass is 16.5. The molecule has 1 fully saturated rings. The molecule has 84 valence electrons. The van der Waals surface area contributed by atoms with E-state index in [9.17, 15) is 0 Å². The monoisotopic (exact) mass is 217 g/mol. The van der Waals surface area contributed by atoms with Crippen molar-refractivity contribution in [2.45, 2.75) is 25.7 Å². The van der Waals surface area contributed by atoms with Gasteiger partial charge in [0, 0.05) is 18.5 Å². The number of nitrogens with one attached hydrogen (secondary N) is 1. The van der Waals surface area contributed by atoms with Crippen molar-refractivity contribution in [1.82, 2.24) is 9.97 Å². The molecule has 4 nitrogen and oxygen atoms in total. The number of terminal acetylenes is 1. The summed E-state index contributed by atoms with van der Waals surface area (Å²) in [6, 6.07) is 1.78. The van der Waals surface area contributed by atoms with Crippen molar-refractivity contribution >= 4 is 5.82 Å². The molecule has 0 amide bonds. The van der Waals surface area contributed by atoms with E-state index in [4.69, 9.17) is 11.2 Å². The first kappa shape index (κ1) is 10.7. The average Bonchev–Trinajstić information content (AvgIpc) is 3.10. The van der Waals surface area contributed by atoms with Crippen LogP contribution in [0.25, 0.3) is 0 Å². The van der Waals surface area contributed by atoms with Crippen molar-refractivity contribution in [3.63, 3.8) is 0 Å². The fourth-order valence-corrected chi connectivity index (χ4v) is 1.43. The van der Waals surface area contributed by atoms with Crippen LogP contribution in [0.2, 0.25) is 0 Å². The number of rotatable bonds is 5. The molecule has 1 aliphatic rings. The Bertz CT molecular complexity index is 407. The highest BCUT2D eigenvalue weighted by Crippen LogP contribution is 2.39. The third-order valence-corrected chi connectivity index (χ3v) is 2.32. The fraction of sp³-hybridized carbons (Fsp3) is 0.500. The minimum atomic E-state index is 0.243. The number of aromatic nitrogens is 2. The van der Waals surface area contributed by atoms with E-state index in [0.29, 0.717) is 11.8 Å². The van der Waals surface area contributed by atoms with Crippen molar-refractivity contribution in [2.24, 2.45) is 0 Å². The number of nitrogens with zero attached hydrogens (tertiary/aromatic N) is 2. The lowest BCUT2D eigenvalue weighted by molar-refractivity contribution is 0.353. The highest BCUT2D eigenvalue weighted by Gasteiger charge is 2.27. The molecule has 0 spiro atoms. The van der Waals surface area contributed by atoms with Crippen molar-refractivity contribution in [3.05, 3.63) is 11.9 Å². The van der Waals surface area contributed by atoms with E-state index in [2.05, 4.69) is 21.2 Å². The Balaban J connectivity index is 2.18. The van der Waals surface area contributed by atoms with Crippen molar-refractivity contribution in [1.29, 1.82) is 0 Å². The third-order valence-electron chi connectivity index (χ3n) is 2.32. The zero-order chi connectivity index (χ0) is 11.4. The predicted octanol–water partition coefficient (Wildman–Crippen LogP) is 1.80. The molecule has 4 heteroatoms. The predicted molar refractivity (Wildman–Crippen MR) is 62.5 cm³/mol. The second-order valence-electron chi connectivity index (χ2n) is 3.75. The van der Waals surface area contributed by atoms with E-state index in [-0.39, 0.29) is 6.61 Å². The largest absolute Gasteiger partial charge is 0.464 e. The molecule has 16 heavy (non-hydrogen) atoms. The molecule has 1 heterocycles. The summed E-state index contributed by atoms with van der Waals surface area (Å²) in [4.78, 5) is 8.79. The van der Waals surface area contributed by atoms with Gasteiger partial charge in [0.05, 0.1) is 0 Å². The van der Waals surface area contributed by atoms with E-state index in [1.807, 2.05) is 6.92 Å². The number of hydrogen-bond acceptors (Lipinski definition) is 4. The summed E-state index contributed by atoms with van der Waals surface area (Å²) in [7, 11) is 0. The minimum Gasteiger partial charge on any atom is -0.464 e. The van der Waals surface area contributed by atoms with E-state index in [0.717, 1.165) is 18.2 Å². The first-order chi connectivity index (χ1) is 7.83. The second-order valence-corrected chi connectivity index (χ2v) is 3.75. The summed E-state index contributed by atoms with van der Waals surface area (Å²) in [6.07, 6.45) is 7.49. The van der Waals surface area contributed by atoms with Crippen LogP contribution >= 0.6 is 0 Å². The van der Waals surface area contributed by atoms with Gasteiger partial charge in [-0.2, -0.15) is 4.98 Å². The van der Waals surface area contributed by atoms with Crippen molar-refractivity contribution in [3.8, 4) is 18.2 Å². The molecule has 0 atom stereocenters. The molecule has 0 aliphatic heterocycles. The summed E-state index contributed by atoms with van der Waals surface area (Å²) in [5.74, 6) is 5.17. The van der Waals surface area contributed by atoms with Gasteiger partial charge in [-0.3, -0.25) is 0 Å². The first-order valence-corrected chi connectivity index (χ1v) is 5.52. The molecule has 0 saturated heterocycles. The summed E-state index contributed by atoms with van der Waals surface area (Å²) in [5, 5.41) is 3.16. The average molecular weight is 217 g/mol. The molecular weight excluding hydrogens is 202 g/mol. The van der Waals surface area contributed by atoms with E-state index in [1.165, 1.54) is 12.8 Å². The SMILES string of the molecule is C#CCOc1cc(NCC)nc(C2CC2)n1. The maximum atomic E-state index is 5.33. The Kier molecular flexibility index (Phi) is 3.25. The Hall–Kier alpha value is -1.76. The normalized spacial score (nSPS) is 14.2. The molecule has 1 saturated carbocycles. The number of hydrogen-bond donors (Lipinski definition) is 1. The zero-order valence-corrected chi connectivity index (χ0v) is 9.36. The van der Waals surface area contributed by atoms with Crippen LogP contribution in [-0.4, -0.2) is 23.1 Å². The van der Waals surface area contributed by atoms with Crippen LogP contribution in [0.3, 0.4) is 0 Å². The zero-order valence-electron chi connectivity index (χ0n) is 9.36. The summed E-state index contributed by atoms with van der Waals surface area (Å²) in [5.41, 5.74) is 0. The van der Waals surface area contributed by atoms with Crippen molar-refractivity contribution < 1.29 is 4.74 Å². The van der Waals surface area contributed by atoms with Crippen LogP contribution in [0.4, 0.5) is 5.82 Å². The lowest BCUT2D eigenvalue weighted by Gasteiger charge is -2.08. The second kappa shape index (κ2) is 4.84. The molecule has 0 radical (unpaired) electrons. The van der Waals surface area contributed by atoms with Gasteiger partial charge >= 0.3 is 0 Å². The maximum absolute atomic E-state index is 5.33. The Labute approximate surface area is 95.4 Å². The van der Waals surface area contributed by atoms with Crippen LogP contribution in [0.5, 0.6) is 5.88 Å². The highest BCUT2D eigenvalue weighted by molar-refractivity contribution is 5.39. The molecule has 1 aromatic rings. The Morgan fingerprint density at radius 2 is 2.38 bits per heavy atom. The summed E-state index contributed by atoms with van der Waals surface area (Å²) in [6.45, 7) is 3.10. The lowest BCUT2D eigenvalue weighted by Crippen LogP contribution is -2.05. The van der Waals surface area contributed by atoms with Gasteiger partial charge < -0.3 is 10.1 Å². The topological polar surface area (TPSA) is 47.0 Å². The third kappa shape index (κ3) is 2.63. The smallest absolute Gasteiger partial charge is 0.219 e. The van der Waals surface area contributed by atoms with Crippen LogP contribution < -0.4 is 10.1 Å². The molecule has 1 aromatic heterocycles. The van der Waals surface area contributed by atoms with Crippen molar-refractivity contribution in [2.75, 3.05) is 18.5 Å². The van der Waals surface area contributed by atoms with E-state index in [1.54, 1.807) is 6.07 Å². The molecule has 0 bridgehead atoms. The first-order valence-electron chi connectivity index (χ1n) is 5.52. The maximum Gasteiger partial charge on any atom is 0.219 e. The number of anilines is 1. The Morgan fingerprint density at radius 1 is 1.56 bits per heavy atom. The minimum absolute atomic E-state index is 0.243. The van der Waals surface area contributed by atoms with Gasteiger partial charge in [-0.05, 0) is 19.8 Å². The van der Waals surface area contributed by atoms with Crippen LogP contribution in [-0.2, 0) is 0 Å². The van der Waals surface area contributed by atoms with Gasteiger partial charge in [0.1, 0.15) is 11.6 Å². The van der Waals surface area contributed by atoms with Gasteiger partial charge in [0.2, 0.25) is 5.88 Å². The van der Waals surface area contributed by atoms with Gasteiger partial charge in [-0.25, -0.2) is 4.98 Å². The van der Waals surface area contributed by atoms with E-state index >= 15 is 0 Å². The standard InChI is InChI=1S/C12H15N3O/c1-3-7-16-11-8-10(13-4-2)14-12(15-11)9-5-6-9/h1,8-9H,4-7H2,2H3,(H,13,14,15). The quantitative estimate of drug-likeness (QED) is 0.764. The van der Waals surface area contributed by atoms with Gasteiger partial charge in [0.25, 0.3) is 0 Å². The van der Waals surface area contributed by atoms with Crippen LogP contribution in [0.1, 0.15) is 31.5 Å². The van der Waals surface area contributed by atoms with Crippen LogP contribution in [0, 0.1) is 12.3 Å². The molecule has 1 aliphatic carbocycles. The van der Waals surface area contributed by atoms with Crippen LogP contribution in [0.15, 0.2) is 6.07 Å². The molecule has 0 unspecified atom stereocenters. The molecule has 0 aromatic carbocycles. The van der Waals surface area contributed by atoms with Gasteiger partial charge in [-0.1, -0.05) is 5.92 Å². The summed E-state index contributed by atoms with van der Waals surface area (Å²) < 4.78 is 5.33. The molecular formula is C12H15N3O. The fourth-order valence-electron chi connectivity index (χ4n) is 1.43. The summed E-state index contributed by atoms with van der Waals surface area (Å²) >= 11 is 0. The molecule has 1 N–H and O–H groups in total. The molecule has 2 rings (SSSR count). The van der Waals surface area contributed by atoms with E-state index < -0.39 is 0 Å². The van der Waals surface area contributed by atoms with Gasteiger partial charge in [-0.15, -0.1) is 6.42 Å². The number of ether oxygens (including phenoxy) is 1. The van der Waals surface area contributed by atoms with Gasteiger partial charge in [0.15, 0.2) is 6.61 Å². The Morgan fingerprint density at radius 3 is 3.00 bits per heavy atom.